The van der Waals surface area contributed by atoms with Crippen LogP contribution in [0.1, 0.15) is 43.1 Å². The molecule has 12 nitrogen and oxygen atoms in total. The Morgan fingerprint density at radius 2 is 1.53 bits per heavy atom. The van der Waals surface area contributed by atoms with Crippen molar-refractivity contribution in [3.63, 3.8) is 0 Å². The summed E-state index contributed by atoms with van der Waals surface area (Å²) in [6.07, 6.45) is 0.278. The van der Waals surface area contributed by atoms with E-state index in [0.29, 0.717) is 17.1 Å². The summed E-state index contributed by atoms with van der Waals surface area (Å²) in [7, 11) is -3.44. The molecular formula is C38H42N6O6S. The smallest absolute Gasteiger partial charge is 0.302 e. The zero-order valence-electron chi connectivity index (χ0n) is 29.0. The lowest BCUT2D eigenvalue weighted by molar-refractivity contribution is -0.127. The van der Waals surface area contributed by atoms with Crippen molar-refractivity contribution in [2.75, 3.05) is 40.7 Å². The molecule has 3 N–H and O–H groups in total. The van der Waals surface area contributed by atoms with Gasteiger partial charge in [0, 0.05) is 37.0 Å². The number of amidine groups is 1. The van der Waals surface area contributed by atoms with Crippen LogP contribution in [0.5, 0.6) is 5.75 Å². The Morgan fingerprint density at radius 3 is 2.14 bits per heavy atom. The molecule has 0 fully saturated rings. The second-order valence-corrected chi connectivity index (χ2v) is 14.1. The monoisotopic (exact) mass is 710 g/mol. The molecule has 0 aliphatic carbocycles. The van der Waals surface area contributed by atoms with Crippen LogP contribution in [0.15, 0.2) is 113 Å². The molecule has 1 atom stereocenters. The van der Waals surface area contributed by atoms with Crippen LogP contribution in [0.3, 0.4) is 0 Å². The molecule has 0 aromatic heterocycles. The zero-order chi connectivity index (χ0) is 36.6. The molecule has 13 heteroatoms. The van der Waals surface area contributed by atoms with Gasteiger partial charge in [-0.05, 0) is 100.0 Å². The highest BCUT2D eigenvalue weighted by Crippen LogP contribution is 2.29. The van der Waals surface area contributed by atoms with Crippen molar-refractivity contribution in [3.05, 3.63) is 114 Å². The Labute approximate surface area is 298 Å². The van der Waals surface area contributed by atoms with Gasteiger partial charge in [-0.25, -0.2) is 8.42 Å². The van der Waals surface area contributed by atoms with E-state index in [0.717, 1.165) is 29.3 Å². The lowest BCUT2D eigenvalue weighted by Gasteiger charge is -2.31. The number of benzene rings is 4. The summed E-state index contributed by atoms with van der Waals surface area (Å²) >= 11 is 0. The number of hydrazone groups is 1. The number of nitrogens with zero attached hydrogens (tertiary/aromatic N) is 3. The van der Waals surface area contributed by atoms with Gasteiger partial charge >= 0.3 is 5.91 Å². The van der Waals surface area contributed by atoms with Gasteiger partial charge in [-0.15, -0.1) is 5.10 Å². The Kier molecular flexibility index (Phi) is 11.4. The minimum absolute atomic E-state index is 0.0679. The lowest BCUT2D eigenvalue weighted by atomic mass is 10.1. The molecule has 3 amide bonds. The summed E-state index contributed by atoms with van der Waals surface area (Å²) in [5.74, 6) is -1.48. The molecular weight excluding hydrogens is 669 g/mol. The maximum Gasteiger partial charge on any atom is 0.302 e. The Bertz CT molecular complexity index is 1980. The van der Waals surface area contributed by atoms with E-state index in [4.69, 9.17) is 4.74 Å². The van der Waals surface area contributed by atoms with Crippen LogP contribution in [-0.4, -0.2) is 63.1 Å². The average molecular weight is 711 g/mol. The molecule has 0 bridgehead atoms. The maximum atomic E-state index is 14.2. The number of hydrogen-bond donors (Lipinski definition) is 3. The summed E-state index contributed by atoms with van der Waals surface area (Å²) in [6.45, 7) is 9.09. The van der Waals surface area contributed by atoms with E-state index in [1.807, 2.05) is 19.1 Å². The number of carbonyl (C=O) groups excluding carboxylic acids is 3. The van der Waals surface area contributed by atoms with Gasteiger partial charge in [-0.1, -0.05) is 35.9 Å². The molecule has 51 heavy (non-hydrogen) atoms. The van der Waals surface area contributed by atoms with E-state index in [-0.39, 0.29) is 35.1 Å². The van der Waals surface area contributed by atoms with Gasteiger partial charge in [0.2, 0.25) is 5.91 Å². The summed E-state index contributed by atoms with van der Waals surface area (Å²) in [6, 6.07) is 29.1. The molecule has 0 radical (unpaired) electrons. The highest BCUT2D eigenvalue weighted by molar-refractivity contribution is 7.91. The first-order valence-corrected chi connectivity index (χ1v) is 18.3. The van der Waals surface area contributed by atoms with Crippen molar-refractivity contribution in [2.45, 2.75) is 44.7 Å². The number of hydrogen-bond acceptors (Lipinski definition) is 9. The van der Waals surface area contributed by atoms with Crippen LogP contribution in [0.25, 0.3) is 0 Å². The van der Waals surface area contributed by atoms with Gasteiger partial charge in [0.15, 0.2) is 15.7 Å². The fraction of sp³-hybridized carbons (Fsp3) is 0.263. The SMILES string of the molecule is CCN(CC)c1ccc(NC2(NC(C)=O)C(=O)N(c3ccccc3)N=C2NC(=O)c2ccc(OCCCS(=O)(=O)c3ccc(C)cc3)cc2)cc1. The van der Waals surface area contributed by atoms with Crippen LogP contribution in [-0.2, 0) is 19.4 Å². The Morgan fingerprint density at radius 1 is 0.882 bits per heavy atom. The van der Waals surface area contributed by atoms with Crippen LogP contribution >= 0.6 is 0 Å². The number of anilines is 3. The lowest BCUT2D eigenvalue weighted by Crippen LogP contribution is -2.67. The number of carbonyl (C=O) groups is 3. The molecule has 266 valence electrons. The third-order valence-electron chi connectivity index (χ3n) is 8.32. The highest BCUT2D eigenvalue weighted by Gasteiger charge is 2.54. The molecule has 0 saturated heterocycles. The van der Waals surface area contributed by atoms with Gasteiger partial charge in [0.25, 0.3) is 11.6 Å². The zero-order valence-corrected chi connectivity index (χ0v) is 29.9. The third kappa shape index (κ3) is 8.55. The summed E-state index contributed by atoms with van der Waals surface area (Å²) < 4.78 is 31.0. The van der Waals surface area contributed by atoms with E-state index in [2.05, 4.69) is 39.8 Å². The first-order chi connectivity index (χ1) is 24.5. The van der Waals surface area contributed by atoms with Gasteiger partial charge in [0.1, 0.15) is 5.75 Å². The van der Waals surface area contributed by atoms with Crippen molar-refractivity contribution < 1.29 is 27.5 Å². The van der Waals surface area contributed by atoms with Gasteiger partial charge in [0.05, 0.1) is 22.9 Å². The fourth-order valence-electron chi connectivity index (χ4n) is 5.61. The van der Waals surface area contributed by atoms with Crippen molar-refractivity contribution in [2.24, 2.45) is 5.10 Å². The topological polar surface area (TPSA) is 150 Å². The number of aryl methyl sites for hydroxylation is 1. The third-order valence-corrected chi connectivity index (χ3v) is 10.1. The first kappa shape index (κ1) is 36.6. The van der Waals surface area contributed by atoms with Crippen LogP contribution < -0.4 is 30.6 Å². The summed E-state index contributed by atoms with van der Waals surface area (Å²) in [5, 5.41) is 14.3. The number of rotatable bonds is 14. The molecule has 1 unspecified atom stereocenters. The van der Waals surface area contributed by atoms with E-state index in [9.17, 15) is 22.8 Å². The van der Waals surface area contributed by atoms with Crippen molar-refractivity contribution in [3.8, 4) is 5.75 Å². The quantitative estimate of drug-likeness (QED) is 0.121. The molecule has 0 spiro atoms. The number of ether oxygens (including phenoxy) is 1. The number of nitrogens with one attached hydrogen (secondary N) is 3. The first-order valence-electron chi connectivity index (χ1n) is 16.7. The van der Waals surface area contributed by atoms with Gasteiger partial charge in [-0.2, -0.15) is 5.01 Å². The second-order valence-electron chi connectivity index (χ2n) is 12.0. The number of para-hydroxylation sites is 1. The van der Waals surface area contributed by atoms with Crippen LogP contribution in [0, 0.1) is 6.92 Å². The molecule has 4 aromatic rings. The predicted octanol–water partition coefficient (Wildman–Crippen LogP) is 5.12. The van der Waals surface area contributed by atoms with Gasteiger partial charge in [-0.3, -0.25) is 14.4 Å². The minimum Gasteiger partial charge on any atom is -0.494 e. The predicted molar refractivity (Wildman–Crippen MR) is 199 cm³/mol. The van der Waals surface area contributed by atoms with Gasteiger partial charge < -0.3 is 25.6 Å². The second kappa shape index (κ2) is 15.9. The van der Waals surface area contributed by atoms with E-state index < -0.39 is 33.2 Å². The van der Waals surface area contributed by atoms with Crippen molar-refractivity contribution in [1.29, 1.82) is 0 Å². The van der Waals surface area contributed by atoms with Crippen molar-refractivity contribution in [1.82, 2.24) is 10.6 Å². The Hall–Kier alpha value is -5.69. The largest absolute Gasteiger partial charge is 0.494 e. The molecule has 4 aromatic carbocycles. The summed E-state index contributed by atoms with van der Waals surface area (Å²) in [4.78, 5) is 42.9. The Balaban J connectivity index is 1.33. The van der Waals surface area contributed by atoms with Crippen molar-refractivity contribution >= 4 is 50.5 Å². The minimum atomic E-state index is -3.44. The molecule has 1 aliphatic rings. The molecule has 1 aliphatic heterocycles. The van der Waals surface area contributed by atoms with Crippen LogP contribution in [0.2, 0.25) is 0 Å². The highest BCUT2D eigenvalue weighted by atomic mass is 32.2. The fourth-order valence-corrected chi connectivity index (χ4v) is 6.89. The standard InChI is InChI=1S/C38H42N6O6S/c1-5-43(6-2)31-19-17-30(18-20-31)41-38(40-28(4)45)36(42-44(37(38)47)32-11-8-7-9-12-32)39-35(46)29-15-21-33(22-16-29)50-25-10-26-51(48,49)34-23-13-27(3)14-24-34/h7-9,11-24,41H,5-6,10,25-26H2,1-4H3,(H,40,45)(H,39,42,46). The van der Waals surface area contributed by atoms with E-state index in [1.54, 1.807) is 91.0 Å². The normalized spacial score (nSPS) is 15.6. The number of amides is 3. The average Bonchev–Trinajstić information content (AvgIpc) is 3.37. The molecule has 0 saturated carbocycles. The van der Waals surface area contributed by atoms with E-state index >= 15 is 0 Å². The number of sulfone groups is 1. The summed E-state index contributed by atoms with van der Waals surface area (Å²) in [5.41, 5.74) is 1.21. The molecule has 5 rings (SSSR count). The van der Waals surface area contributed by atoms with Crippen LogP contribution in [0.4, 0.5) is 17.1 Å². The maximum absolute atomic E-state index is 14.2. The van der Waals surface area contributed by atoms with E-state index in [1.165, 1.54) is 6.92 Å². The molecule has 1 heterocycles.